The maximum Gasteiger partial charge on any atom is 0.198 e. The molecule has 2 heterocycles. The van der Waals surface area contributed by atoms with Gasteiger partial charge in [0.1, 0.15) is 12.2 Å². The number of ketones is 1. The first-order valence-corrected chi connectivity index (χ1v) is 9.69. The third-order valence-corrected chi connectivity index (χ3v) is 7.99. The second-order valence-corrected chi connectivity index (χ2v) is 9.52. The topological polar surface area (TPSA) is 107 Å². The smallest absolute Gasteiger partial charge is 0.198 e. The maximum atomic E-state index is 12.8. The van der Waals surface area contributed by atoms with E-state index in [0.29, 0.717) is 24.8 Å². The lowest BCUT2D eigenvalue weighted by molar-refractivity contribution is -0.328. The first kappa shape index (κ1) is 18.6. The third kappa shape index (κ3) is 1.87. The van der Waals surface area contributed by atoms with Crippen LogP contribution in [0, 0.1) is 28.6 Å². The van der Waals surface area contributed by atoms with Crippen molar-refractivity contribution in [3.8, 4) is 0 Å². The van der Waals surface area contributed by atoms with Crippen LogP contribution in [-0.2, 0) is 9.53 Å². The SMILES string of the molecule is CC(C)C1=C2[C@H]3C[C@H]4O[C@](O)([C@H](O)[C@@H]4CO)[C@]3(C)CC[C@@]2(C)[C@@H](O)C1=O. The molecule has 8 atom stereocenters. The normalized spacial score (nSPS) is 53.3. The number of aliphatic hydroxyl groups excluding tert-OH is 3. The molecule has 2 aliphatic carbocycles. The van der Waals surface area contributed by atoms with E-state index in [2.05, 4.69) is 0 Å². The monoisotopic (exact) mass is 366 g/mol. The third-order valence-electron chi connectivity index (χ3n) is 7.99. The van der Waals surface area contributed by atoms with Crippen LogP contribution in [0.3, 0.4) is 0 Å². The molecule has 0 aromatic carbocycles. The zero-order valence-corrected chi connectivity index (χ0v) is 15.9. The Morgan fingerprint density at radius 2 is 1.88 bits per heavy atom. The average Bonchev–Trinajstić information content (AvgIpc) is 2.92. The number of carbonyl (C=O) groups is 1. The highest BCUT2D eigenvalue weighted by Gasteiger charge is 2.72. The van der Waals surface area contributed by atoms with E-state index in [1.807, 2.05) is 27.7 Å². The van der Waals surface area contributed by atoms with Gasteiger partial charge in [-0.2, -0.15) is 0 Å². The van der Waals surface area contributed by atoms with E-state index in [0.717, 1.165) is 5.57 Å². The van der Waals surface area contributed by atoms with Crippen molar-refractivity contribution in [3.63, 3.8) is 0 Å². The fourth-order valence-corrected chi connectivity index (χ4v) is 6.32. The molecule has 0 amide bonds. The Bertz CT molecular complexity index is 686. The molecule has 2 aliphatic heterocycles. The van der Waals surface area contributed by atoms with Crippen LogP contribution >= 0.6 is 0 Å². The second-order valence-electron chi connectivity index (χ2n) is 9.52. The Hall–Kier alpha value is -0.790. The summed E-state index contributed by atoms with van der Waals surface area (Å²) in [5, 5.41) is 42.5. The summed E-state index contributed by atoms with van der Waals surface area (Å²) in [5.41, 5.74) is 0.215. The molecule has 0 aromatic rings. The van der Waals surface area contributed by atoms with E-state index in [9.17, 15) is 25.2 Å². The molecule has 4 rings (SSSR count). The Morgan fingerprint density at radius 3 is 2.46 bits per heavy atom. The summed E-state index contributed by atoms with van der Waals surface area (Å²) in [6.45, 7) is 7.51. The fourth-order valence-electron chi connectivity index (χ4n) is 6.32. The molecule has 0 unspecified atom stereocenters. The Labute approximate surface area is 153 Å². The summed E-state index contributed by atoms with van der Waals surface area (Å²) in [4.78, 5) is 12.8. The Kier molecular flexibility index (Phi) is 3.85. The molecule has 0 radical (unpaired) electrons. The zero-order valence-electron chi connectivity index (χ0n) is 15.9. The Morgan fingerprint density at radius 1 is 1.23 bits per heavy atom. The molecule has 3 fully saturated rings. The summed E-state index contributed by atoms with van der Waals surface area (Å²) < 4.78 is 5.88. The van der Waals surface area contributed by atoms with Crippen LogP contribution in [0.2, 0.25) is 0 Å². The number of fused-ring (bicyclic) bond motifs is 6. The lowest BCUT2D eigenvalue weighted by Crippen LogP contribution is -2.62. The quantitative estimate of drug-likeness (QED) is 0.575. The van der Waals surface area contributed by atoms with Crippen LogP contribution in [0.5, 0.6) is 0 Å². The molecule has 1 saturated carbocycles. The number of carbonyl (C=O) groups excluding carboxylic acids is 1. The molecule has 146 valence electrons. The van der Waals surface area contributed by atoms with E-state index in [1.165, 1.54) is 0 Å². The lowest BCUT2D eigenvalue weighted by Gasteiger charge is -2.58. The van der Waals surface area contributed by atoms with Crippen LogP contribution in [-0.4, -0.2) is 56.9 Å². The maximum absolute atomic E-state index is 12.8. The molecule has 2 saturated heterocycles. The number of rotatable bonds is 2. The first-order valence-electron chi connectivity index (χ1n) is 9.69. The van der Waals surface area contributed by atoms with Gasteiger partial charge in [-0.05, 0) is 31.1 Å². The van der Waals surface area contributed by atoms with Gasteiger partial charge in [0.05, 0.1) is 12.7 Å². The van der Waals surface area contributed by atoms with Crippen molar-refractivity contribution in [2.75, 3.05) is 6.61 Å². The van der Waals surface area contributed by atoms with E-state index >= 15 is 0 Å². The molecule has 0 aromatic heterocycles. The van der Waals surface area contributed by atoms with Crippen LogP contribution in [0.15, 0.2) is 11.1 Å². The minimum absolute atomic E-state index is 0.0231. The molecule has 4 N–H and O–H groups in total. The predicted molar refractivity (Wildman–Crippen MR) is 92.8 cm³/mol. The zero-order chi connectivity index (χ0) is 19.2. The van der Waals surface area contributed by atoms with Gasteiger partial charge in [-0.1, -0.05) is 33.3 Å². The number of aliphatic hydroxyl groups is 4. The summed E-state index contributed by atoms with van der Waals surface area (Å²) >= 11 is 0. The van der Waals surface area contributed by atoms with E-state index in [4.69, 9.17) is 4.74 Å². The minimum Gasteiger partial charge on any atom is -0.396 e. The van der Waals surface area contributed by atoms with Crippen LogP contribution in [0.25, 0.3) is 0 Å². The largest absolute Gasteiger partial charge is 0.396 e. The van der Waals surface area contributed by atoms with Gasteiger partial charge in [0.25, 0.3) is 0 Å². The molecule has 4 aliphatic rings. The molecule has 2 bridgehead atoms. The second kappa shape index (κ2) is 5.39. The van der Waals surface area contributed by atoms with Crippen LogP contribution in [0.1, 0.15) is 47.0 Å². The van der Waals surface area contributed by atoms with Crippen molar-refractivity contribution >= 4 is 5.78 Å². The van der Waals surface area contributed by atoms with Gasteiger partial charge in [0.15, 0.2) is 11.6 Å². The molecule has 26 heavy (non-hydrogen) atoms. The van der Waals surface area contributed by atoms with Crippen molar-refractivity contribution in [1.82, 2.24) is 0 Å². The van der Waals surface area contributed by atoms with Gasteiger partial charge >= 0.3 is 0 Å². The average molecular weight is 366 g/mol. The lowest BCUT2D eigenvalue weighted by atomic mass is 9.52. The van der Waals surface area contributed by atoms with Crippen molar-refractivity contribution in [2.24, 2.45) is 28.6 Å². The van der Waals surface area contributed by atoms with E-state index < -0.39 is 40.8 Å². The van der Waals surface area contributed by atoms with Gasteiger partial charge < -0.3 is 25.2 Å². The van der Waals surface area contributed by atoms with E-state index in [1.54, 1.807) is 0 Å². The van der Waals surface area contributed by atoms with Crippen molar-refractivity contribution in [1.29, 1.82) is 0 Å². The number of hydrogen-bond donors (Lipinski definition) is 4. The summed E-state index contributed by atoms with van der Waals surface area (Å²) in [6, 6.07) is 0. The highest BCUT2D eigenvalue weighted by Crippen LogP contribution is 2.68. The number of hydrogen-bond acceptors (Lipinski definition) is 6. The molecule has 6 heteroatoms. The van der Waals surface area contributed by atoms with Crippen molar-refractivity contribution in [2.45, 2.75) is 71.1 Å². The summed E-state index contributed by atoms with van der Waals surface area (Å²) in [6.07, 6.45) is -1.07. The number of ether oxygens (including phenoxy) is 1. The van der Waals surface area contributed by atoms with Gasteiger partial charge in [0.2, 0.25) is 0 Å². The summed E-state index contributed by atoms with van der Waals surface area (Å²) in [5.74, 6) is -2.69. The molecular formula is C20H30O6. The van der Waals surface area contributed by atoms with Crippen molar-refractivity contribution < 1.29 is 30.0 Å². The number of Topliss-reactive ketones (excluding diaryl/α,β-unsaturated/α-hetero) is 1. The molecular weight excluding hydrogens is 336 g/mol. The summed E-state index contributed by atoms with van der Waals surface area (Å²) in [7, 11) is 0. The fraction of sp³-hybridized carbons (Fsp3) is 0.850. The molecule has 0 spiro atoms. The van der Waals surface area contributed by atoms with Crippen LogP contribution in [0.4, 0.5) is 0 Å². The first-order chi connectivity index (χ1) is 12.0. The van der Waals surface area contributed by atoms with E-state index in [-0.39, 0.29) is 24.2 Å². The minimum atomic E-state index is -1.75. The van der Waals surface area contributed by atoms with Gasteiger partial charge in [0, 0.05) is 22.3 Å². The van der Waals surface area contributed by atoms with Crippen molar-refractivity contribution in [3.05, 3.63) is 11.1 Å². The highest BCUT2D eigenvalue weighted by atomic mass is 16.7. The van der Waals surface area contributed by atoms with Gasteiger partial charge in [-0.25, -0.2) is 0 Å². The highest BCUT2D eigenvalue weighted by molar-refractivity contribution is 6.04. The predicted octanol–water partition coefficient (Wildman–Crippen LogP) is 0.766. The van der Waals surface area contributed by atoms with Gasteiger partial charge in [-0.15, -0.1) is 0 Å². The van der Waals surface area contributed by atoms with Crippen LogP contribution < -0.4 is 0 Å². The standard InChI is InChI=1S/C20H30O6/c1-9(2)13-14-11-7-12-10(8-21)16(23)20(25,26-12)19(11,4)6-5-18(14,3)17(24)15(13)22/h9-12,16-17,21,23-25H,5-8H2,1-4H3/t10-,11-,12-,16-,17+,18-,19-,20-/m1/s1. The van der Waals surface area contributed by atoms with Gasteiger partial charge in [-0.3, -0.25) is 4.79 Å². The Balaban J connectivity index is 1.91. The molecule has 6 nitrogen and oxygen atoms in total.